The highest BCUT2D eigenvalue weighted by Crippen LogP contribution is 2.22. The van der Waals surface area contributed by atoms with Gasteiger partial charge in [0.25, 0.3) is 5.91 Å². The molecular weight excluding hydrogens is 280 g/mol. The van der Waals surface area contributed by atoms with Crippen molar-refractivity contribution in [3.05, 3.63) is 29.0 Å². The van der Waals surface area contributed by atoms with E-state index in [0.29, 0.717) is 17.1 Å². The van der Waals surface area contributed by atoms with Crippen molar-refractivity contribution >= 4 is 23.5 Å². The summed E-state index contributed by atoms with van der Waals surface area (Å²) in [6.45, 7) is 5.99. The summed E-state index contributed by atoms with van der Waals surface area (Å²) in [5.41, 5.74) is 0.282. The molecule has 0 saturated carbocycles. The van der Waals surface area contributed by atoms with Crippen LogP contribution >= 0.6 is 11.6 Å². The van der Waals surface area contributed by atoms with E-state index in [1.807, 2.05) is 20.8 Å². The summed E-state index contributed by atoms with van der Waals surface area (Å²) < 4.78 is 0. The van der Waals surface area contributed by atoms with E-state index in [0.717, 1.165) is 0 Å². The predicted molar refractivity (Wildman–Crippen MR) is 76.8 cm³/mol. The number of nitrogens with zero attached hydrogens (tertiary/aromatic N) is 1. The molecule has 1 amide bonds. The number of aromatic nitrogens is 1. The largest absolute Gasteiger partial charge is 0.481 e. The number of pyridine rings is 1. The second kappa shape index (κ2) is 6.70. The van der Waals surface area contributed by atoms with Crippen molar-refractivity contribution in [1.82, 2.24) is 10.3 Å². The van der Waals surface area contributed by atoms with Gasteiger partial charge in [0.1, 0.15) is 5.15 Å². The maximum absolute atomic E-state index is 12.0. The summed E-state index contributed by atoms with van der Waals surface area (Å²) in [5, 5.41) is 12.0. The first-order valence-corrected chi connectivity index (χ1v) is 6.69. The molecule has 0 aliphatic heterocycles. The first-order valence-electron chi connectivity index (χ1n) is 6.31. The van der Waals surface area contributed by atoms with Crippen LogP contribution in [-0.4, -0.2) is 28.0 Å². The quantitative estimate of drug-likeness (QED) is 0.819. The molecule has 110 valence electrons. The van der Waals surface area contributed by atoms with Gasteiger partial charge in [-0.2, -0.15) is 0 Å². The van der Waals surface area contributed by atoms with Gasteiger partial charge in [0, 0.05) is 12.2 Å². The zero-order chi connectivity index (χ0) is 15.3. The van der Waals surface area contributed by atoms with E-state index >= 15 is 0 Å². The van der Waals surface area contributed by atoms with Crippen LogP contribution in [0.2, 0.25) is 5.15 Å². The number of carboxylic acids is 1. The molecule has 6 heteroatoms. The molecule has 5 nitrogen and oxygen atoms in total. The monoisotopic (exact) mass is 298 g/mol. The second-order valence-corrected chi connectivity index (χ2v) is 6.29. The molecule has 1 aromatic heterocycles. The van der Waals surface area contributed by atoms with Crippen LogP contribution in [0.1, 0.15) is 44.0 Å². The Bertz CT molecular complexity index is 480. The number of aliphatic carboxylic acids is 1. The van der Waals surface area contributed by atoms with Gasteiger partial charge in [-0.05, 0) is 24.0 Å². The minimum Gasteiger partial charge on any atom is -0.481 e. The molecule has 1 aromatic rings. The maximum Gasteiger partial charge on any atom is 0.305 e. The molecule has 1 heterocycles. The third-order valence-corrected chi connectivity index (χ3v) is 2.83. The molecule has 0 spiro atoms. The third-order valence-electron chi connectivity index (χ3n) is 2.60. The minimum absolute atomic E-state index is 0.0777. The Balaban J connectivity index is 2.75. The van der Waals surface area contributed by atoms with E-state index in [1.165, 1.54) is 12.3 Å². The van der Waals surface area contributed by atoms with Crippen molar-refractivity contribution in [3.8, 4) is 0 Å². The van der Waals surface area contributed by atoms with Crippen LogP contribution in [0.5, 0.6) is 0 Å². The number of carbonyl (C=O) groups excluding carboxylic acids is 1. The van der Waals surface area contributed by atoms with Gasteiger partial charge in [0.05, 0.1) is 12.0 Å². The number of rotatable bonds is 5. The van der Waals surface area contributed by atoms with Crippen LogP contribution in [0.15, 0.2) is 18.3 Å². The molecule has 0 aromatic carbocycles. The van der Waals surface area contributed by atoms with Gasteiger partial charge < -0.3 is 10.4 Å². The lowest BCUT2D eigenvalue weighted by Crippen LogP contribution is -2.39. The number of amides is 1. The van der Waals surface area contributed by atoms with Gasteiger partial charge >= 0.3 is 5.97 Å². The lowest BCUT2D eigenvalue weighted by atomic mass is 9.87. The Morgan fingerprint density at radius 1 is 1.40 bits per heavy atom. The fourth-order valence-electron chi connectivity index (χ4n) is 1.90. The van der Waals surface area contributed by atoms with Gasteiger partial charge in [0.2, 0.25) is 0 Å². The predicted octanol–water partition coefficient (Wildman–Crippen LogP) is 2.74. The normalized spacial score (nSPS) is 12.8. The number of hydrogen-bond donors (Lipinski definition) is 2. The van der Waals surface area contributed by atoms with E-state index in [1.54, 1.807) is 6.07 Å². The number of carboxylic acid groups (broad SMARTS) is 1. The summed E-state index contributed by atoms with van der Waals surface area (Å²) in [4.78, 5) is 26.8. The van der Waals surface area contributed by atoms with Gasteiger partial charge in [0.15, 0.2) is 0 Å². The average Bonchev–Trinajstić information content (AvgIpc) is 2.26. The van der Waals surface area contributed by atoms with Crippen molar-refractivity contribution < 1.29 is 14.7 Å². The van der Waals surface area contributed by atoms with Crippen molar-refractivity contribution in [3.63, 3.8) is 0 Å². The number of nitrogens with one attached hydrogen (secondary N) is 1. The highest BCUT2D eigenvalue weighted by Gasteiger charge is 2.23. The number of hydrogen-bond acceptors (Lipinski definition) is 3. The molecule has 1 atom stereocenters. The fourth-order valence-corrected chi connectivity index (χ4v) is 2.01. The zero-order valence-electron chi connectivity index (χ0n) is 11.8. The van der Waals surface area contributed by atoms with Crippen molar-refractivity contribution in [2.24, 2.45) is 5.41 Å². The van der Waals surface area contributed by atoms with Crippen molar-refractivity contribution in [1.29, 1.82) is 0 Å². The van der Waals surface area contributed by atoms with E-state index in [9.17, 15) is 9.59 Å². The molecule has 1 unspecified atom stereocenters. The SMILES string of the molecule is CC(C)(C)CC(CC(=O)O)NC(=O)c1ccc(Cl)nc1. The smallest absolute Gasteiger partial charge is 0.305 e. The van der Waals surface area contributed by atoms with Gasteiger partial charge in [-0.1, -0.05) is 32.4 Å². The molecule has 0 radical (unpaired) electrons. The van der Waals surface area contributed by atoms with Crippen LogP contribution in [0, 0.1) is 5.41 Å². The molecule has 0 saturated heterocycles. The van der Waals surface area contributed by atoms with E-state index in [-0.39, 0.29) is 17.7 Å². The maximum atomic E-state index is 12.0. The summed E-state index contributed by atoms with van der Waals surface area (Å²) in [7, 11) is 0. The summed E-state index contributed by atoms with van der Waals surface area (Å²) in [6, 6.07) is 2.65. The van der Waals surface area contributed by atoms with Crippen LogP contribution in [0.3, 0.4) is 0 Å². The standard InChI is InChI=1S/C14H19ClN2O3/c1-14(2,3)7-10(6-12(18)19)17-13(20)9-4-5-11(15)16-8-9/h4-5,8,10H,6-7H2,1-3H3,(H,17,20)(H,18,19). The fraction of sp³-hybridized carbons (Fsp3) is 0.500. The Kier molecular flexibility index (Phi) is 5.51. The van der Waals surface area contributed by atoms with Crippen LogP contribution in [-0.2, 0) is 4.79 Å². The highest BCUT2D eigenvalue weighted by molar-refractivity contribution is 6.29. The van der Waals surface area contributed by atoms with Crippen LogP contribution in [0.4, 0.5) is 0 Å². The Hall–Kier alpha value is -1.62. The number of carbonyl (C=O) groups is 2. The molecule has 2 N–H and O–H groups in total. The second-order valence-electron chi connectivity index (χ2n) is 5.90. The minimum atomic E-state index is -0.936. The van der Waals surface area contributed by atoms with E-state index in [4.69, 9.17) is 16.7 Å². The van der Waals surface area contributed by atoms with Crippen molar-refractivity contribution in [2.45, 2.75) is 39.7 Å². The molecule has 20 heavy (non-hydrogen) atoms. The van der Waals surface area contributed by atoms with Crippen molar-refractivity contribution in [2.75, 3.05) is 0 Å². The summed E-state index contributed by atoms with van der Waals surface area (Å²) in [6.07, 6.45) is 1.84. The average molecular weight is 299 g/mol. The Morgan fingerprint density at radius 3 is 2.50 bits per heavy atom. The Morgan fingerprint density at radius 2 is 2.05 bits per heavy atom. The highest BCUT2D eigenvalue weighted by atomic mass is 35.5. The zero-order valence-corrected chi connectivity index (χ0v) is 12.6. The molecule has 1 rings (SSSR count). The van der Waals surface area contributed by atoms with E-state index < -0.39 is 12.0 Å². The summed E-state index contributed by atoms with van der Waals surface area (Å²) >= 11 is 5.66. The third kappa shape index (κ3) is 6.02. The van der Waals surface area contributed by atoms with Crippen LogP contribution in [0.25, 0.3) is 0 Å². The van der Waals surface area contributed by atoms with Crippen LogP contribution < -0.4 is 5.32 Å². The van der Waals surface area contributed by atoms with Gasteiger partial charge in [-0.3, -0.25) is 9.59 Å². The topological polar surface area (TPSA) is 79.3 Å². The first kappa shape index (κ1) is 16.4. The summed E-state index contributed by atoms with van der Waals surface area (Å²) in [5.74, 6) is -1.28. The molecule has 0 aliphatic carbocycles. The van der Waals surface area contributed by atoms with Gasteiger partial charge in [-0.15, -0.1) is 0 Å². The van der Waals surface area contributed by atoms with Gasteiger partial charge in [-0.25, -0.2) is 4.98 Å². The molecule has 0 aliphatic rings. The lowest BCUT2D eigenvalue weighted by molar-refractivity contribution is -0.137. The lowest BCUT2D eigenvalue weighted by Gasteiger charge is -2.25. The molecule has 0 bridgehead atoms. The molecular formula is C14H19ClN2O3. The number of halogens is 1. The first-order chi connectivity index (χ1) is 9.17. The Labute approximate surface area is 123 Å². The molecule has 0 fully saturated rings. The van der Waals surface area contributed by atoms with E-state index in [2.05, 4.69) is 10.3 Å².